The van der Waals surface area contributed by atoms with Crippen LogP contribution in [0.2, 0.25) is 0 Å². The highest BCUT2D eigenvalue weighted by atomic mass is 32.1. The van der Waals surface area contributed by atoms with Gasteiger partial charge in [0.15, 0.2) is 5.11 Å². The summed E-state index contributed by atoms with van der Waals surface area (Å²) in [5, 5.41) is 4.37. The van der Waals surface area contributed by atoms with Crippen LogP contribution in [0.15, 0.2) is 30.5 Å². The molecule has 0 aliphatic carbocycles. The third kappa shape index (κ3) is 3.66. The van der Waals surface area contributed by atoms with E-state index >= 15 is 0 Å². The first-order valence-electron chi connectivity index (χ1n) is 9.97. The molecule has 2 saturated heterocycles. The van der Waals surface area contributed by atoms with E-state index in [0.717, 1.165) is 50.2 Å². The average molecular weight is 400 g/mol. The highest BCUT2D eigenvalue weighted by molar-refractivity contribution is 7.80. The van der Waals surface area contributed by atoms with Gasteiger partial charge >= 0.3 is 0 Å². The number of hydrogen-bond acceptors (Lipinski definition) is 4. The number of ether oxygens (including phenoxy) is 1. The van der Waals surface area contributed by atoms with Gasteiger partial charge in [0.25, 0.3) is 0 Å². The summed E-state index contributed by atoms with van der Waals surface area (Å²) in [4.78, 5) is 9.44. The lowest BCUT2D eigenvalue weighted by Crippen LogP contribution is -2.42. The van der Waals surface area contributed by atoms with Gasteiger partial charge in [0.05, 0.1) is 31.0 Å². The summed E-state index contributed by atoms with van der Waals surface area (Å²) in [6.07, 6.45) is 1.86. The Balaban J connectivity index is 1.64. The quantitative estimate of drug-likeness (QED) is 0.779. The van der Waals surface area contributed by atoms with E-state index in [1.807, 2.05) is 18.3 Å². The van der Waals surface area contributed by atoms with E-state index in [-0.39, 0.29) is 12.1 Å². The molecule has 0 saturated carbocycles. The molecule has 0 bridgehead atoms. The zero-order valence-electron chi connectivity index (χ0n) is 16.9. The van der Waals surface area contributed by atoms with E-state index in [2.05, 4.69) is 57.7 Å². The molecule has 0 spiro atoms. The SMILES string of the molecule is Cc1cc([C@H]2[C@H](c3ccccn3)NC(=S)N2CCN2CCOCC2)c(C)n1C. The highest BCUT2D eigenvalue weighted by Gasteiger charge is 2.41. The summed E-state index contributed by atoms with van der Waals surface area (Å²) in [5.74, 6) is 0. The minimum absolute atomic E-state index is 0.0545. The Bertz CT molecular complexity index is 831. The molecule has 28 heavy (non-hydrogen) atoms. The van der Waals surface area contributed by atoms with Gasteiger partial charge in [0.1, 0.15) is 0 Å². The maximum Gasteiger partial charge on any atom is 0.170 e. The fourth-order valence-electron chi connectivity index (χ4n) is 4.24. The third-order valence-corrected chi connectivity index (χ3v) is 6.44. The second kappa shape index (κ2) is 8.19. The Hall–Kier alpha value is -1.96. The summed E-state index contributed by atoms with van der Waals surface area (Å²) < 4.78 is 7.74. The van der Waals surface area contributed by atoms with Crippen molar-refractivity contribution in [1.29, 1.82) is 0 Å². The van der Waals surface area contributed by atoms with Crippen molar-refractivity contribution in [2.45, 2.75) is 25.9 Å². The molecule has 6 nitrogen and oxygen atoms in total. The predicted molar refractivity (Wildman–Crippen MR) is 114 cm³/mol. The van der Waals surface area contributed by atoms with Gasteiger partial charge in [0.2, 0.25) is 0 Å². The average Bonchev–Trinajstić information content (AvgIpc) is 3.18. The number of nitrogens with zero attached hydrogens (tertiary/aromatic N) is 4. The number of nitrogens with one attached hydrogen (secondary N) is 1. The molecular weight excluding hydrogens is 370 g/mol. The number of morpholine rings is 1. The third-order valence-electron chi connectivity index (χ3n) is 6.09. The molecule has 1 N–H and O–H groups in total. The smallest absolute Gasteiger partial charge is 0.170 e. The van der Waals surface area contributed by atoms with Crippen molar-refractivity contribution < 1.29 is 4.74 Å². The van der Waals surface area contributed by atoms with Crippen molar-refractivity contribution in [3.63, 3.8) is 0 Å². The first kappa shape index (κ1) is 19.4. The maximum absolute atomic E-state index is 5.78. The molecule has 0 aromatic carbocycles. The van der Waals surface area contributed by atoms with Gasteiger partial charge in [-0.15, -0.1) is 0 Å². The maximum atomic E-state index is 5.78. The van der Waals surface area contributed by atoms with E-state index in [0.29, 0.717) is 0 Å². The van der Waals surface area contributed by atoms with Crippen LogP contribution in [0.3, 0.4) is 0 Å². The Morgan fingerprint density at radius 1 is 1.21 bits per heavy atom. The Labute approximate surface area is 172 Å². The van der Waals surface area contributed by atoms with Gasteiger partial charge in [-0.05, 0) is 49.8 Å². The van der Waals surface area contributed by atoms with Crippen molar-refractivity contribution in [1.82, 2.24) is 24.7 Å². The van der Waals surface area contributed by atoms with E-state index < -0.39 is 0 Å². The second-order valence-electron chi connectivity index (χ2n) is 7.66. The van der Waals surface area contributed by atoms with E-state index in [1.165, 1.54) is 17.0 Å². The first-order chi connectivity index (χ1) is 13.6. The number of thiocarbonyl (C=S) groups is 1. The first-order valence-corrected chi connectivity index (χ1v) is 10.4. The number of pyridine rings is 1. The molecule has 2 aromatic heterocycles. The van der Waals surface area contributed by atoms with Crippen LogP contribution in [-0.2, 0) is 11.8 Å². The number of aryl methyl sites for hydroxylation is 1. The molecule has 2 fully saturated rings. The minimum atomic E-state index is 0.0545. The number of aromatic nitrogens is 2. The van der Waals surface area contributed by atoms with Crippen molar-refractivity contribution in [3.05, 3.63) is 53.1 Å². The monoisotopic (exact) mass is 399 g/mol. The summed E-state index contributed by atoms with van der Waals surface area (Å²) in [6.45, 7) is 9.86. The Morgan fingerprint density at radius 3 is 2.64 bits per heavy atom. The summed E-state index contributed by atoms with van der Waals surface area (Å²) in [6, 6.07) is 8.59. The molecule has 2 aliphatic heterocycles. The minimum Gasteiger partial charge on any atom is -0.379 e. The van der Waals surface area contributed by atoms with Crippen LogP contribution in [0.5, 0.6) is 0 Å². The fourth-order valence-corrected chi connectivity index (χ4v) is 4.57. The molecule has 2 aliphatic rings. The van der Waals surface area contributed by atoms with Crippen molar-refractivity contribution in [2.75, 3.05) is 39.4 Å². The zero-order valence-corrected chi connectivity index (χ0v) is 17.7. The molecule has 2 atom stereocenters. The summed E-state index contributed by atoms with van der Waals surface area (Å²) in [7, 11) is 2.13. The summed E-state index contributed by atoms with van der Waals surface area (Å²) >= 11 is 5.78. The van der Waals surface area contributed by atoms with Crippen LogP contribution in [0.1, 0.15) is 34.7 Å². The van der Waals surface area contributed by atoms with Crippen molar-refractivity contribution >= 4 is 17.3 Å². The molecular formula is C21H29N5OS. The van der Waals surface area contributed by atoms with Crippen LogP contribution in [-0.4, -0.2) is 63.9 Å². The topological polar surface area (TPSA) is 45.6 Å². The number of rotatable bonds is 5. The molecule has 4 heterocycles. The molecule has 7 heteroatoms. The van der Waals surface area contributed by atoms with Crippen LogP contribution >= 0.6 is 12.2 Å². The number of hydrogen-bond donors (Lipinski definition) is 1. The molecule has 150 valence electrons. The molecule has 0 amide bonds. The second-order valence-corrected chi connectivity index (χ2v) is 8.05. The van der Waals surface area contributed by atoms with Gasteiger partial charge in [-0.1, -0.05) is 6.07 Å². The highest BCUT2D eigenvalue weighted by Crippen LogP contribution is 2.40. The lowest BCUT2D eigenvalue weighted by molar-refractivity contribution is 0.0350. The van der Waals surface area contributed by atoms with Crippen LogP contribution in [0.4, 0.5) is 0 Å². The molecule has 0 radical (unpaired) electrons. The molecule has 2 aromatic rings. The predicted octanol–water partition coefficient (Wildman–Crippen LogP) is 2.34. The van der Waals surface area contributed by atoms with Crippen LogP contribution in [0, 0.1) is 13.8 Å². The Morgan fingerprint density at radius 2 is 2.00 bits per heavy atom. The standard InChI is InChI=1S/C21H29N5OS/c1-15-14-17(16(2)24(15)3)20-19(18-6-4-5-7-22-18)23-21(28)26(20)9-8-25-10-12-27-13-11-25/h4-7,14,19-20H,8-13H2,1-3H3,(H,23,28)/t19-,20-/m0/s1. The normalized spacial score (nSPS) is 23.2. The lowest BCUT2D eigenvalue weighted by Gasteiger charge is -2.32. The van der Waals surface area contributed by atoms with Gasteiger partial charge in [-0.3, -0.25) is 9.88 Å². The van der Waals surface area contributed by atoms with E-state index in [1.54, 1.807) is 0 Å². The fraction of sp³-hybridized carbons (Fsp3) is 0.524. The van der Waals surface area contributed by atoms with Gasteiger partial charge in [-0.25, -0.2) is 0 Å². The summed E-state index contributed by atoms with van der Waals surface area (Å²) in [5.41, 5.74) is 4.90. The zero-order chi connectivity index (χ0) is 19.7. The van der Waals surface area contributed by atoms with Crippen LogP contribution < -0.4 is 5.32 Å². The van der Waals surface area contributed by atoms with Gasteiger partial charge in [0, 0.05) is 50.8 Å². The molecule has 4 rings (SSSR count). The largest absolute Gasteiger partial charge is 0.379 e. The van der Waals surface area contributed by atoms with Crippen molar-refractivity contribution in [2.24, 2.45) is 7.05 Å². The van der Waals surface area contributed by atoms with Gasteiger partial charge < -0.3 is 19.5 Å². The lowest BCUT2D eigenvalue weighted by atomic mass is 9.97. The Kier molecular flexibility index (Phi) is 5.66. The van der Waals surface area contributed by atoms with Crippen LogP contribution in [0.25, 0.3) is 0 Å². The van der Waals surface area contributed by atoms with E-state index in [9.17, 15) is 0 Å². The van der Waals surface area contributed by atoms with Crippen molar-refractivity contribution in [3.8, 4) is 0 Å². The van der Waals surface area contributed by atoms with Gasteiger partial charge in [-0.2, -0.15) is 0 Å². The molecule has 0 unspecified atom stereocenters. The van der Waals surface area contributed by atoms with E-state index in [4.69, 9.17) is 17.0 Å².